The third kappa shape index (κ3) is 6.86. The molecule has 0 saturated carbocycles. The van der Waals surface area contributed by atoms with Crippen molar-refractivity contribution in [3.8, 4) is 0 Å². The Balaban J connectivity index is 2.02. The molecule has 1 aliphatic heterocycles. The van der Waals surface area contributed by atoms with Crippen molar-refractivity contribution in [2.45, 2.75) is 26.2 Å². The lowest BCUT2D eigenvalue weighted by Gasteiger charge is -2.23. The van der Waals surface area contributed by atoms with Crippen molar-refractivity contribution in [1.29, 1.82) is 0 Å². The van der Waals surface area contributed by atoms with E-state index in [1.165, 1.54) is 7.11 Å². The van der Waals surface area contributed by atoms with Crippen LogP contribution in [-0.4, -0.2) is 58.5 Å². The highest BCUT2D eigenvalue weighted by atomic mass is 16.5. The smallest absolute Gasteiger partial charge is 0.309 e. The molecule has 0 bridgehead atoms. The summed E-state index contributed by atoms with van der Waals surface area (Å²) < 4.78 is 15.0. The maximum Gasteiger partial charge on any atom is 0.309 e. The molecule has 0 aromatic rings. The van der Waals surface area contributed by atoms with Crippen LogP contribution in [0.2, 0.25) is 0 Å². The second kappa shape index (κ2) is 9.72. The summed E-state index contributed by atoms with van der Waals surface area (Å²) in [5.41, 5.74) is 0. The first-order chi connectivity index (χ1) is 9.63. The summed E-state index contributed by atoms with van der Waals surface area (Å²) in [5, 5.41) is 0. The minimum absolute atomic E-state index is 0.0766. The zero-order chi connectivity index (χ0) is 14.8. The van der Waals surface area contributed by atoms with Crippen molar-refractivity contribution in [1.82, 2.24) is 0 Å². The Morgan fingerprint density at radius 2 is 1.95 bits per heavy atom. The highest BCUT2D eigenvalue weighted by Crippen LogP contribution is 2.06. The minimum Gasteiger partial charge on any atom is -0.469 e. The predicted octanol–water partition coefficient (Wildman–Crippen LogP) is -0.576. The van der Waals surface area contributed by atoms with Crippen LogP contribution in [0.3, 0.4) is 0 Å². The number of hydrogen-bond acceptors (Lipinski definition) is 5. The number of ether oxygens (including phenoxy) is 3. The first-order valence-corrected chi connectivity index (χ1v) is 7.28. The van der Waals surface area contributed by atoms with E-state index in [0.717, 1.165) is 45.7 Å². The largest absolute Gasteiger partial charge is 0.469 e. The summed E-state index contributed by atoms with van der Waals surface area (Å²) in [7, 11) is 1.31. The van der Waals surface area contributed by atoms with Gasteiger partial charge in [0.25, 0.3) is 0 Å². The van der Waals surface area contributed by atoms with Gasteiger partial charge in [0.2, 0.25) is 0 Å². The monoisotopic (exact) mass is 288 g/mol. The summed E-state index contributed by atoms with van der Waals surface area (Å²) in [6.45, 7) is 7.01. The summed E-state index contributed by atoms with van der Waals surface area (Å²) in [6.07, 6.45) is 1.97. The average Bonchev–Trinajstić information content (AvgIpc) is 2.47. The van der Waals surface area contributed by atoms with Crippen LogP contribution in [0.25, 0.3) is 0 Å². The summed E-state index contributed by atoms with van der Waals surface area (Å²) >= 11 is 0. The summed E-state index contributed by atoms with van der Waals surface area (Å²) in [5.74, 6) is -1.15. The molecule has 1 heterocycles. The Bertz CT molecular complexity index is 302. The second-order valence-electron chi connectivity index (χ2n) is 5.17. The van der Waals surface area contributed by atoms with Crippen molar-refractivity contribution in [3.05, 3.63) is 0 Å². The molecule has 1 saturated heterocycles. The molecule has 1 rings (SSSR count). The number of esters is 2. The molecule has 1 atom stereocenters. The van der Waals surface area contributed by atoms with E-state index in [-0.39, 0.29) is 18.4 Å². The lowest BCUT2D eigenvalue weighted by molar-refractivity contribution is -0.908. The summed E-state index contributed by atoms with van der Waals surface area (Å²) in [6, 6.07) is 0. The van der Waals surface area contributed by atoms with Gasteiger partial charge in [-0.2, -0.15) is 0 Å². The molecule has 20 heavy (non-hydrogen) atoms. The molecule has 0 amide bonds. The van der Waals surface area contributed by atoms with E-state index in [4.69, 9.17) is 9.47 Å². The molecule has 1 aliphatic rings. The number of carbonyl (C=O) groups excluding carboxylic acids is 2. The first kappa shape index (κ1) is 16.9. The number of unbranched alkanes of at least 4 members (excludes halogenated alkanes) is 1. The van der Waals surface area contributed by atoms with Gasteiger partial charge in [0, 0.05) is 0 Å². The molecule has 1 N–H and O–H groups in total. The molecular weight excluding hydrogens is 262 g/mol. The highest BCUT2D eigenvalue weighted by Gasteiger charge is 2.18. The molecule has 6 heteroatoms. The fraction of sp³-hybridized carbons (Fsp3) is 0.857. The van der Waals surface area contributed by atoms with Crippen LogP contribution in [0.5, 0.6) is 0 Å². The maximum absolute atomic E-state index is 11.6. The van der Waals surface area contributed by atoms with Crippen molar-refractivity contribution in [2.24, 2.45) is 5.92 Å². The molecule has 0 spiro atoms. The molecule has 0 aliphatic carbocycles. The Kier molecular flexibility index (Phi) is 8.22. The molecule has 0 radical (unpaired) electrons. The molecule has 0 aromatic heterocycles. The topological polar surface area (TPSA) is 66.3 Å². The number of nitrogens with one attached hydrogen (secondary N) is 1. The van der Waals surface area contributed by atoms with Crippen LogP contribution in [0, 0.1) is 5.92 Å². The number of morpholine rings is 1. The van der Waals surface area contributed by atoms with Crippen molar-refractivity contribution >= 4 is 11.9 Å². The molecule has 1 unspecified atom stereocenters. The third-order valence-corrected chi connectivity index (χ3v) is 3.47. The SMILES string of the molecule is COC(=O)CC(C)C(=O)OCCCC[NH+]1CCOCC1. The van der Waals surface area contributed by atoms with Crippen LogP contribution >= 0.6 is 0 Å². The van der Waals surface area contributed by atoms with Gasteiger partial charge >= 0.3 is 11.9 Å². The number of methoxy groups -OCH3 is 1. The quantitative estimate of drug-likeness (QED) is 0.478. The molecule has 116 valence electrons. The van der Waals surface area contributed by atoms with Crippen LogP contribution < -0.4 is 4.90 Å². The molecular formula is C14H26NO5+. The second-order valence-corrected chi connectivity index (χ2v) is 5.17. The van der Waals surface area contributed by atoms with Crippen LogP contribution in [0.15, 0.2) is 0 Å². The van der Waals surface area contributed by atoms with Gasteiger partial charge in [-0.3, -0.25) is 9.59 Å². The lowest BCUT2D eigenvalue weighted by Crippen LogP contribution is -3.14. The van der Waals surface area contributed by atoms with E-state index >= 15 is 0 Å². The minimum atomic E-state index is -0.438. The van der Waals surface area contributed by atoms with E-state index in [0.29, 0.717) is 6.61 Å². The summed E-state index contributed by atoms with van der Waals surface area (Å²) in [4.78, 5) is 24.2. The fourth-order valence-electron chi connectivity index (χ4n) is 2.12. The Hall–Kier alpha value is -1.14. The first-order valence-electron chi connectivity index (χ1n) is 7.28. The number of quaternary nitrogens is 1. The zero-order valence-corrected chi connectivity index (χ0v) is 12.5. The third-order valence-electron chi connectivity index (χ3n) is 3.47. The Labute approximate surface area is 120 Å². The predicted molar refractivity (Wildman–Crippen MR) is 72.4 cm³/mol. The van der Waals surface area contributed by atoms with Crippen molar-refractivity contribution < 1.29 is 28.7 Å². The standard InChI is InChI=1S/C14H25NO5/c1-12(11-13(16)18-2)14(17)20-8-4-3-5-15-6-9-19-10-7-15/h12H,3-11H2,1-2H3/p+1. The molecule has 0 aromatic carbocycles. The Morgan fingerprint density at radius 3 is 2.60 bits per heavy atom. The van der Waals surface area contributed by atoms with Gasteiger partial charge in [-0.05, 0) is 12.8 Å². The molecule has 1 fully saturated rings. The van der Waals surface area contributed by atoms with Gasteiger partial charge in [-0.25, -0.2) is 0 Å². The fourth-order valence-corrected chi connectivity index (χ4v) is 2.12. The van der Waals surface area contributed by atoms with Gasteiger partial charge in [0.05, 0.1) is 45.8 Å². The van der Waals surface area contributed by atoms with Gasteiger partial charge in [0.15, 0.2) is 0 Å². The van der Waals surface area contributed by atoms with E-state index in [2.05, 4.69) is 4.74 Å². The van der Waals surface area contributed by atoms with Crippen LogP contribution in [-0.2, 0) is 23.8 Å². The number of hydrogen-bond donors (Lipinski definition) is 1. The van der Waals surface area contributed by atoms with Crippen molar-refractivity contribution in [3.63, 3.8) is 0 Å². The van der Waals surface area contributed by atoms with Gasteiger partial charge in [-0.15, -0.1) is 0 Å². The van der Waals surface area contributed by atoms with E-state index in [1.54, 1.807) is 11.8 Å². The maximum atomic E-state index is 11.6. The normalized spacial score (nSPS) is 17.5. The van der Waals surface area contributed by atoms with Crippen LogP contribution in [0.1, 0.15) is 26.2 Å². The van der Waals surface area contributed by atoms with Crippen LogP contribution in [0.4, 0.5) is 0 Å². The lowest BCUT2D eigenvalue weighted by atomic mass is 10.1. The van der Waals surface area contributed by atoms with E-state index < -0.39 is 5.92 Å². The zero-order valence-electron chi connectivity index (χ0n) is 12.5. The number of rotatable bonds is 8. The Morgan fingerprint density at radius 1 is 1.25 bits per heavy atom. The van der Waals surface area contributed by atoms with E-state index in [9.17, 15) is 9.59 Å². The number of carbonyl (C=O) groups is 2. The average molecular weight is 288 g/mol. The van der Waals surface area contributed by atoms with E-state index in [1.807, 2.05) is 0 Å². The van der Waals surface area contributed by atoms with Gasteiger partial charge in [0.1, 0.15) is 13.1 Å². The van der Waals surface area contributed by atoms with Gasteiger partial charge < -0.3 is 19.1 Å². The van der Waals surface area contributed by atoms with Gasteiger partial charge in [-0.1, -0.05) is 6.92 Å². The highest BCUT2D eigenvalue weighted by molar-refractivity contribution is 5.79. The molecule has 6 nitrogen and oxygen atoms in total. The van der Waals surface area contributed by atoms with Crippen molar-refractivity contribution in [2.75, 3.05) is 46.6 Å².